The van der Waals surface area contributed by atoms with E-state index < -0.39 is 5.97 Å². The molecule has 0 radical (unpaired) electrons. The Morgan fingerprint density at radius 2 is 2.00 bits per heavy atom. The minimum atomic E-state index is -0.888. The molecule has 1 heterocycles. The molecule has 0 saturated carbocycles. The van der Waals surface area contributed by atoms with Gasteiger partial charge in [-0.2, -0.15) is 0 Å². The van der Waals surface area contributed by atoms with Crippen molar-refractivity contribution in [2.45, 2.75) is 66.0 Å². The van der Waals surface area contributed by atoms with E-state index in [2.05, 4.69) is 24.5 Å². The van der Waals surface area contributed by atoms with Gasteiger partial charge in [-0.1, -0.05) is 34.6 Å². The first kappa shape index (κ1) is 17.0. The largest absolute Gasteiger partial charge is 0.481 e. The van der Waals surface area contributed by atoms with Crippen molar-refractivity contribution in [2.75, 3.05) is 6.54 Å². The van der Waals surface area contributed by atoms with Crippen molar-refractivity contribution in [3.05, 3.63) is 0 Å². The second-order valence-corrected chi connectivity index (χ2v) is 7.50. The van der Waals surface area contributed by atoms with Crippen LogP contribution in [0.3, 0.4) is 0 Å². The van der Waals surface area contributed by atoms with Gasteiger partial charge >= 0.3 is 5.97 Å². The van der Waals surface area contributed by atoms with E-state index in [1.807, 2.05) is 20.8 Å². The Labute approximate surface area is 121 Å². The molecule has 5 heteroatoms. The molecule has 116 valence electrons. The SMILES string of the molecule is CC(C)(C)C(CC(=O)O)NC(=O)C1NCCCC1(C)C. The van der Waals surface area contributed by atoms with Crippen LogP contribution in [-0.4, -0.2) is 35.6 Å². The van der Waals surface area contributed by atoms with Gasteiger partial charge in [-0.3, -0.25) is 9.59 Å². The lowest BCUT2D eigenvalue weighted by Gasteiger charge is -2.40. The smallest absolute Gasteiger partial charge is 0.305 e. The van der Waals surface area contributed by atoms with Crippen molar-refractivity contribution in [3.8, 4) is 0 Å². The molecule has 2 atom stereocenters. The molecule has 1 aliphatic heterocycles. The first-order valence-electron chi connectivity index (χ1n) is 7.29. The summed E-state index contributed by atoms with van der Waals surface area (Å²) >= 11 is 0. The van der Waals surface area contributed by atoms with Crippen LogP contribution in [0.25, 0.3) is 0 Å². The van der Waals surface area contributed by atoms with Gasteiger partial charge in [0, 0.05) is 6.04 Å². The zero-order chi connectivity index (χ0) is 15.6. The minimum absolute atomic E-state index is 0.0532. The van der Waals surface area contributed by atoms with Gasteiger partial charge in [-0.15, -0.1) is 0 Å². The molecule has 1 amide bonds. The number of hydrogen-bond donors (Lipinski definition) is 3. The lowest BCUT2D eigenvalue weighted by Crippen LogP contribution is -2.58. The fourth-order valence-corrected chi connectivity index (χ4v) is 2.66. The van der Waals surface area contributed by atoms with Crippen molar-refractivity contribution in [2.24, 2.45) is 10.8 Å². The fourth-order valence-electron chi connectivity index (χ4n) is 2.66. The zero-order valence-corrected chi connectivity index (χ0v) is 13.2. The van der Waals surface area contributed by atoms with Gasteiger partial charge in [0.1, 0.15) is 0 Å². The molecule has 0 spiro atoms. The quantitative estimate of drug-likeness (QED) is 0.735. The van der Waals surface area contributed by atoms with Crippen LogP contribution in [0.4, 0.5) is 0 Å². The van der Waals surface area contributed by atoms with E-state index >= 15 is 0 Å². The Kier molecular flexibility index (Phi) is 5.19. The van der Waals surface area contributed by atoms with Crippen molar-refractivity contribution in [1.82, 2.24) is 10.6 Å². The molecule has 0 bridgehead atoms. The van der Waals surface area contributed by atoms with Crippen LogP contribution in [0, 0.1) is 10.8 Å². The predicted octanol–water partition coefficient (Wildman–Crippen LogP) is 1.77. The first-order valence-corrected chi connectivity index (χ1v) is 7.29. The maximum absolute atomic E-state index is 12.5. The number of piperidine rings is 1. The van der Waals surface area contributed by atoms with Gasteiger partial charge in [0.15, 0.2) is 0 Å². The number of amides is 1. The molecule has 5 nitrogen and oxygen atoms in total. The van der Waals surface area contributed by atoms with Crippen LogP contribution in [0.5, 0.6) is 0 Å². The summed E-state index contributed by atoms with van der Waals surface area (Å²) in [5.74, 6) is -0.975. The maximum atomic E-state index is 12.5. The summed E-state index contributed by atoms with van der Waals surface area (Å²) in [7, 11) is 0. The van der Waals surface area contributed by atoms with E-state index in [9.17, 15) is 9.59 Å². The summed E-state index contributed by atoms with van der Waals surface area (Å²) in [6.45, 7) is 10.8. The average molecular weight is 284 g/mol. The topological polar surface area (TPSA) is 78.4 Å². The highest BCUT2D eigenvalue weighted by Gasteiger charge is 2.39. The highest BCUT2D eigenvalue weighted by atomic mass is 16.4. The van der Waals surface area contributed by atoms with Crippen LogP contribution < -0.4 is 10.6 Å². The lowest BCUT2D eigenvalue weighted by molar-refractivity contribution is -0.138. The third kappa shape index (κ3) is 4.47. The third-order valence-corrected chi connectivity index (χ3v) is 4.13. The van der Waals surface area contributed by atoms with E-state index in [4.69, 9.17) is 5.11 Å². The Morgan fingerprint density at radius 3 is 2.45 bits per heavy atom. The van der Waals surface area contributed by atoms with E-state index in [1.165, 1.54) is 0 Å². The number of rotatable bonds is 4. The molecular formula is C15H28N2O3. The number of nitrogens with one attached hydrogen (secondary N) is 2. The molecule has 1 aliphatic rings. The lowest BCUT2D eigenvalue weighted by atomic mass is 9.76. The summed E-state index contributed by atoms with van der Waals surface area (Å²) in [6.07, 6.45) is 2.01. The summed E-state index contributed by atoms with van der Waals surface area (Å²) < 4.78 is 0. The third-order valence-electron chi connectivity index (χ3n) is 4.13. The molecule has 1 rings (SSSR count). The fraction of sp³-hybridized carbons (Fsp3) is 0.867. The van der Waals surface area contributed by atoms with Gasteiger partial charge in [0.2, 0.25) is 5.91 Å². The minimum Gasteiger partial charge on any atom is -0.481 e. The van der Waals surface area contributed by atoms with Crippen molar-refractivity contribution >= 4 is 11.9 Å². The highest BCUT2D eigenvalue weighted by molar-refractivity contribution is 5.83. The monoisotopic (exact) mass is 284 g/mol. The molecule has 2 unspecified atom stereocenters. The average Bonchev–Trinajstić information content (AvgIpc) is 2.25. The molecule has 20 heavy (non-hydrogen) atoms. The van der Waals surface area contributed by atoms with E-state index in [0.29, 0.717) is 0 Å². The summed E-state index contributed by atoms with van der Waals surface area (Å²) in [5.41, 5.74) is -0.388. The summed E-state index contributed by atoms with van der Waals surface area (Å²) in [4.78, 5) is 23.5. The van der Waals surface area contributed by atoms with Crippen LogP contribution >= 0.6 is 0 Å². The van der Waals surface area contributed by atoms with Gasteiger partial charge < -0.3 is 15.7 Å². The predicted molar refractivity (Wildman–Crippen MR) is 78.4 cm³/mol. The first-order chi connectivity index (χ1) is 9.04. The van der Waals surface area contributed by atoms with Crippen molar-refractivity contribution in [1.29, 1.82) is 0 Å². The Bertz CT molecular complexity index is 372. The van der Waals surface area contributed by atoms with Gasteiger partial charge in [-0.25, -0.2) is 0 Å². The number of hydrogen-bond acceptors (Lipinski definition) is 3. The van der Waals surface area contributed by atoms with Crippen LogP contribution in [-0.2, 0) is 9.59 Å². The zero-order valence-electron chi connectivity index (χ0n) is 13.2. The van der Waals surface area contributed by atoms with Gasteiger partial charge in [0.05, 0.1) is 12.5 Å². The second-order valence-electron chi connectivity index (χ2n) is 7.50. The van der Waals surface area contributed by atoms with E-state index in [1.54, 1.807) is 0 Å². The van der Waals surface area contributed by atoms with Crippen molar-refractivity contribution < 1.29 is 14.7 Å². The molecule has 1 fully saturated rings. The molecule has 0 aromatic heterocycles. The highest BCUT2D eigenvalue weighted by Crippen LogP contribution is 2.31. The number of carboxylic acids is 1. The standard InChI is InChI=1S/C15H28N2O3/c1-14(2,3)10(9-11(18)19)17-13(20)12-15(4,5)7-6-8-16-12/h10,12,16H,6-9H2,1-5H3,(H,17,20)(H,18,19). The molecule has 0 aromatic carbocycles. The second kappa shape index (κ2) is 6.12. The Morgan fingerprint density at radius 1 is 1.40 bits per heavy atom. The molecule has 1 saturated heterocycles. The Balaban J connectivity index is 2.77. The molecular weight excluding hydrogens is 256 g/mol. The number of carboxylic acid groups (broad SMARTS) is 1. The Hall–Kier alpha value is -1.10. The molecule has 0 aromatic rings. The summed E-state index contributed by atoms with van der Waals surface area (Å²) in [5, 5.41) is 15.2. The normalized spacial score (nSPS) is 23.9. The van der Waals surface area contributed by atoms with Gasteiger partial charge in [-0.05, 0) is 30.2 Å². The van der Waals surface area contributed by atoms with Crippen LogP contribution in [0.1, 0.15) is 53.9 Å². The van der Waals surface area contributed by atoms with Gasteiger partial charge in [0.25, 0.3) is 0 Å². The molecule has 0 aliphatic carbocycles. The van der Waals surface area contributed by atoms with Crippen LogP contribution in [0.2, 0.25) is 0 Å². The number of aliphatic carboxylic acids is 1. The number of carbonyl (C=O) groups is 2. The number of carbonyl (C=O) groups excluding carboxylic acids is 1. The molecule has 3 N–H and O–H groups in total. The summed E-state index contributed by atoms with van der Waals surface area (Å²) in [6, 6.07) is -0.623. The maximum Gasteiger partial charge on any atom is 0.305 e. The van der Waals surface area contributed by atoms with Crippen LogP contribution in [0.15, 0.2) is 0 Å². The van der Waals surface area contributed by atoms with E-state index in [-0.39, 0.29) is 35.2 Å². The van der Waals surface area contributed by atoms with Crippen molar-refractivity contribution in [3.63, 3.8) is 0 Å². The van der Waals surface area contributed by atoms with E-state index in [0.717, 1.165) is 19.4 Å².